The van der Waals surface area contributed by atoms with Crippen LogP contribution in [0, 0.1) is 12.8 Å². The summed E-state index contributed by atoms with van der Waals surface area (Å²) in [6, 6.07) is 6.47. The van der Waals surface area contributed by atoms with E-state index in [4.69, 9.17) is 11.6 Å². The van der Waals surface area contributed by atoms with Crippen molar-refractivity contribution in [2.75, 3.05) is 11.1 Å². The van der Waals surface area contributed by atoms with E-state index in [-0.39, 0.29) is 23.5 Å². The lowest BCUT2D eigenvalue weighted by molar-refractivity contribution is -0.113. The highest BCUT2D eigenvalue weighted by Gasteiger charge is 2.27. The summed E-state index contributed by atoms with van der Waals surface area (Å²) in [5.41, 5.74) is 1.25. The van der Waals surface area contributed by atoms with Gasteiger partial charge in [0.1, 0.15) is 0 Å². The maximum absolute atomic E-state index is 12.9. The lowest BCUT2D eigenvalue weighted by Crippen LogP contribution is -2.34. The Morgan fingerprint density at radius 3 is 2.70 bits per heavy atom. The number of carbonyl (C=O) groups excluding carboxylic acids is 2. The molecule has 3 rings (SSSR count). The molecule has 33 heavy (non-hydrogen) atoms. The van der Waals surface area contributed by atoms with E-state index in [2.05, 4.69) is 32.4 Å². The Balaban J connectivity index is 1.76. The third-order valence-electron chi connectivity index (χ3n) is 4.60. The van der Waals surface area contributed by atoms with Gasteiger partial charge in [-0.3, -0.25) is 9.59 Å². The number of thiazole rings is 1. The Labute approximate surface area is 205 Å². The molecule has 0 saturated carbocycles. The molecule has 0 aliphatic rings. The molecular formula is C22H25ClN6O2S2. The van der Waals surface area contributed by atoms with E-state index in [0.29, 0.717) is 33.2 Å². The molecular weight excluding hydrogens is 480 g/mol. The number of benzene rings is 1. The fraction of sp³-hybridized carbons (Fsp3) is 0.318. The fourth-order valence-electron chi connectivity index (χ4n) is 3.03. The van der Waals surface area contributed by atoms with Crippen molar-refractivity contribution in [3.63, 3.8) is 0 Å². The number of nitrogens with zero attached hydrogens (tertiary/aromatic N) is 4. The van der Waals surface area contributed by atoms with Crippen LogP contribution < -0.4 is 10.6 Å². The Kier molecular flexibility index (Phi) is 8.65. The lowest BCUT2D eigenvalue weighted by atomic mass is 10.0. The smallest absolute Gasteiger partial charge is 0.253 e. The molecule has 0 saturated heterocycles. The number of halogens is 1. The molecule has 8 nitrogen and oxygen atoms in total. The van der Waals surface area contributed by atoms with Gasteiger partial charge in [-0.05, 0) is 25.0 Å². The average Bonchev–Trinajstić information content (AvgIpc) is 3.36. The molecule has 0 fully saturated rings. The number of hydrogen-bond acceptors (Lipinski definition) is 7. The van der Waals surface area contributed by atoms with Gasteiger partial charge in [-0.1, -0.05) is 55.4 Å². The number of hydrogen-bond donors (Lipinski definition) is 2. The molecule has 2 aromatic heterocycles. The van der Waals surface area contributed by atoms with E-state index in [1.165, 1.54) is 23.1 Å². The molecule has 2 N–H and O–H groups in total. The molecule has 1 aromatic carbocycles. The summed E-state index contributed by atoms with van der Waals surface area (Å²) in [4.78, 5) is 29.5. The van der Waals surface area contributed by atoms with Crippen molar-refractivity contribution in [2.45, 2.75) is 38.5 Å². The summed E-state index contributed by atoms with van der Waals surface area (Å²) in [5.74, 6) is 0.283. The van der Waals surface area contributed by atoms with Gasteiger partial charge in [-0.25, -0.2) is 4.98 Å². The van der Waals surface area contributed by atoms with Gasteiger partial charge < -0.3 is 15.2 Å². The first-order chi connectivity index (χ1) is 15.8. The summed E-state index contributed by atoms with van der Waals surface area (Å²) in [7, 11) is 0. The standard InChI is InChI=1S/C22H25ClN6O2S2/c1-5-10-29-19(18(13(2)3)26-20(31)15-8-6-7-9-16(15)23)27-28-22(29)33-12-17(30)25-21-24-14(4)11-32-21/h5-9,11,13,18H,1,10,12H2,2-4H3,(H,26,31)(H,24,25,30)/t18-/m0/s1. The van der Waals surface area contributed by atoms with Crippen LogP contribution in [0.5, 0.6) is 0 Å². The molecule has 174 valence electrons. The summed E-state index contributed by atoms with van der Waals surface area (Å²) >= 11 is 8.83. The van der Waals surface area contributed by atoms with Crippen LogP contribution in [0.15, 0.2) is 47.5 Å². The van der Waals surface area contributed by atoms with Crippen molar-refractivity contribution in [1.82, 2.24) is 25.1 Å². The first-order valence-corrected chi connectivity index (χ1v) is 12.5. The first kappa shape index (κ1) is 24.9. The van der Waals surface area contributed by atoms with Crippen molar-refractivity contribution in [3.8, 4) is 0 Å². The minimum Gasteiger partial charge on any atom is -0.342 e. The number of amides is 2. The van der Waals surface area contributed by atoms with Gasteiger partial charge in [0.2, 0.25) is 5.91 Å². The predicted molar refractivity (Wildman–Crippen MR) is 133 cm³/mol. The monoisotopic (exact) mass is 504 g/mol. The average molecular weight is 505 g/mol. The molecule has 2 amide bonds. The van der Waals surface area contributed by atoms with E-state index < -0.39 is 6.04 Å². The second kappa shape index (κ2) is 11.4. The zero-order chi connectivity index (χ0) is 24.0. The Bertz CT molecular complexity index is 1140. The van der Waals surface area contributed by atoms with E-state index >= 15 is 0 Å². The number of rotatable bonds is 10. The molecule has 11 heteroatoms. The van der Waals surface area contributed by atoms with Gasteiger partial charge in [0.05, 0.1) is 28.1 Å². The second-order valence-electron chi connectivity index (χ2n) is 7.55. The van der Waals surface area contributed by atoms with Crippen LogP contribution in [0.4, 0.5) is 5.13 Å². The van der Waals surface area contributed by atoms with E-state index in [1.54, 1.807) is 30.3 Å². The number of nitrogens with one attached hydrogen (secondary N) is 2. The summed E-state index contributed by atoms with van der Waals surface area (Å²) in [5, 5.41) is 17.8. The summed E-state index contributed by atoms with van der Waals surface area (Å²) < 4.78 is 1.86. The second-order valence-corrected chi connectivity index (χ2v) is 9.75. The van der Waals surface area contributed by atoms with Crippen molar-refractivity contribution in [1.29, 1.82) is 0 Å². The SMILES string of the molecule is C=CCn1c(SCC(=O)Nc2nc(C)cs2)nnc1[C@@H](NC(=O)c1ccccc1Cl)C(C)C. The zero-order valence-corrected chi connectivity index (χ0v) is 20.9. The van der Waals surface area contributed by atoms with Crippen molar-refractivity contribution >= 4 is 51.6 Å². The molecule has 0 radical (unpaired) electrons. The van der Waals surface area contributed by atoms with Gasteiger partial charge in [0, 0.05) is 11.9 Å². The fourth-order valence-corrected chi connectivity index (χ4v) is 4.71. The number of carbonyl (C=O) groups is 2. The molecule has 0 unspecified atom stereocenters. The maximum Gasteiger partial charge on any atom is 0.253 e. The highest BCUT2D eigenvalue weighted by molar-refractivity contribution is 7.99. The van der Waals surface area contributed by atoms with Gasteiger partial charge in [-0.2, -0.15) is 0 Å². The Morgan fingerprint density at radius 1 is 1.30 bits per heavy atom. The van der Waals surface area contributed by atoms with E-state index in [1.807, 2.05) is 30.7 Å². The largest absolute Gasteiger partial charge is 0.342 e. The van der Waals surface area contributed by atoms with Crippen LogP contribution in [-0.4, -0.2) is 37.3 Å². The van der Waals surface area contributed by atoms with E-state index in [9.17, 15) is 9.59 Å². The molecule has 0 spiro atoms. The molecule has 0 aliphatic carbocycles. The molecule has 2 heterocycles. The molecule has 0 bridgehead atoms. The van der Waals surface area contributed by atoms with Crippen LogP contribution in [0.25, 0.3) is 0 Å². The lowest BCUT2D eigenvalue weighted by Gasteiger charge is -2.22. The normalized spacial score (nSPS) is 11.9. The van der Waals surface area contributed by atoms with Gasteiger partial charge in [0.15, 0.2) is 16.1 Å². The Morgan fingerprint density at radius 2 is 2.06 bits per heavy atom. The minimum absolute atomic E-state index is 0.0264. The number of aromatic nitrogens is 4. The molecule has 3 aromatic rings. The highest BCUT2D eigenvalue weighted by atomic mass is 35.5. The number of thioether (sulfide) groups is 1. The van der Waals surface area contributed by atoms with Crippen LogP contribution in [-0.2, 0) is 11.3 Å². The molecule has 0 aliphatic heterocycles. The molecule has 1 atom stereocenters. The van der Waals surface area contributed by atoms with Crippen LogP contribution in [0.1, 0.15) is 41.8 Å². The van der Waals surface area contributed by atoms with Gasteiger partial charge in [0.25, 0.3) is 5.91 Å². The van der Waals surface area contributed by atoms with Crippen molar-refractivity contribution < 1.29 is 9.59 Å². The predicted octanol–water partition coefficient (Wildman–Crippen LogP) is 4.74. The third kappa shape index (κ3) is 6.43. The summed E-state index contributed by atoms with van der Waals surface area (Å²) in [6.45, 7) is 10.1. The van der Waals surface area contributed by atoms with Crippen molar-refractivity contribution in [3.05, 3.63) is 64.4 Å². The van der Waals surface area contributed by atoms with Crippen LogP contribution in [0.2, 0.25) is 5.02 Å². The quantitative estimate of drug-likeness (QED) is 0.305. The number of anilines is 1. The number of allylic oxidation sites excluding steroid dienone is 1. The third-order valence-corrected chi connectivity index (χ3v) is 6.78. The van der Waals surface area contributed by atoms with Gasteiger partial charge >= 0.3 is 0 Å². The zero-order valence-electron chi connectivity index (χ0n) is 18.5. The topological polar surface area (TPSA) is 102 Å². The van der Waals surface area contributed by atoms with Crippen LogP contribution >= 0.6 is 34.7 Å². The van der Waals surface area contributed by atoms with Crippen LogP contribution in [0.3, 0.4) is 0 Å². The summed E-state index contributed by atoms with van der Waals surface area (Å²) in [6.07, 6.45) is 1.72. The maximum atomic E-state index is 12.9. The Hall–Kier alpha value is -2.69. The first-order valence-electron chi connectivity index (χ1n) is 10.2. The van der Waals surface area contributed by atoms with Gasteiger partial charge in [-0.15, -0.1) is 28.1 Å². The van der Waals surface area contributed by atoms with E-state index in [0.717, 1.165) is 5.69 Å². The highest BCUT2D eigenvalue weighted by Crippen LogP contribution is 2.26. The number of aryl methyl sites for hydroxylation is 1. The minimum atomic E-state index is -0.414. The van der Waals surface area contributed by atoms with Crippen molar-refractivity contribution in [2.24, 2.45) is 5.92 Å².